The van der Waals surface area contributed by atoms with Crippen molar-refractivity contribution in [3.63, 3.8) is 0 Å². The van der Waals surface area contributed by atoms with Crippen LogP contribution >= 0.6 is 23.4 Å². The summed E-state index contributed by atoms with van der Waals surface area (Å²) < 4.78 is 0. The molecule has 13 heavy (non-hydrogen) atoms. The minimum absolute atomic E-state index is 0.0872. The van der Waals surface area contributed by atoms with Crippen molar-refractivity contribution < 1.29 is 4.79 Å². The van der Waals surface area contributed by atoms with Gasteiger partial charge in [0.15, 0.2) is 0 Å². The smallest absolute Gasteiger partial charge is 0.286 e. The number of amides is 1. The fourth-order valence-corrected chi connectivity index (χ4v) is 2.07. The molecule has 0 atom stereocenters. The number of rotatable bonds is 1. The van der Waals surface area contributed by atoms with Gasteiger partial charge in [-0.15, -0.1) is 0 Å². The number of nitrogens with zero attached hydrogens (tertiary/aromatic N) is 2. The molecule has 0 spiro atoms. The number of carbonyl (C=O) groups is 1. The molecule has 5 heteroatoms. The maximum absolute atomic E-state index is 11.3. The molecule has 0 saturated carbocycles. The van der Waals surface area contributed by atoms with Crippen LogP contribution in [0, 0.1) is 0 Å². The molecule has 0 unspecified atom stereocenters. The van der Waals surface area contributed by atoms with Crippen molar-refractivity contribution in [3.8, 4) is 0 Å². The van der Waals surface area contributed by atoms with Gasteiger partial charge in [-0.1, -0.05) is 23.4 Å². The average Bonchev–Trinajstić information content (AvgIpc) is 2.53. The highest BCUT2D eigenvalue weighted by atomic mass is 35.5. The third-order valence-corrected chi connectivity index (χ3v) is 2.86. The lowest BCUT2D eigenvalue weighted by atomic mass is 10.4. The van der Waals surface area contributed by atoms with Crippen molar-refractivity contribution in [3.05, 3.63) is 23.5 Å². The Hall–Kier alpha value is -0.740. The molecule has 68 valence electrons. The second-order valence-corrected chi connectivity index (χ2v) is 4.04. The molecule has 1 aliphatic heterocycles. The lowest BCUT2D eigenvalue weighted by Crippen LogP contribution is -2.22. The quantitative estimate of drug-likeness (QED) is 0.674. The van der Waals surface area contributed by atoms with Gasteiger partial charge in [0.2, 0.25) is 0 Å². The van der Waals surface area contributed by atoms with E-state index >= 15 is 0 Å². The SMILES string of the molecule is O=C1SCCN1c1ccc(Cl)nc1. The molecule has 2 heterocycles. The zero-order chi connectivity index (χ0) is 9.26. The van der Waals surface area contributed by atoms with Gasteiger partial charge in [-0.05, 0) is 12.1 Å². The number of hydrogen-bond donors (Lipinski definition) is 0. The molecular weight excluding hydrogens is 208 g/mol. The van der Waals surface area contributed by atoms with Gasteiger partial charge < -0.3 is 4.90 Å². The Morgan fingerprint density at radius 2 is 2.38 bits per heavy atom. The minimum Gasteiger partial charge on any atom is -0.301 e. The summed E-state index contributed by atoms with van der Waals surface area (Å²) in [5.74, 6) is 0.849. The molecule has 1 saturated heterocycles. The van der Waals surface area contributed by atoms with E-state index in [1.54, 1.807) is 23.2 Å². The first kappa shape index (κ1) is 8.84. The third-order valence-electron chi connectivity index (χ3n) is 1.78. The second-order valence-electron chi connectivity index (χ2n) is 2.61. The Balaban J connectivity index is 2.25. The standard InChI is InChI=1S/C8H7ClN2OS/c9-7-2-1-6(5-10-7)11-3-4-13-8(11)12/h1-2,5H,3-4H2. The normalized spacial score (nSPS) is 16.7. The van der Waals surface area contributed by atoms with Gasteiger partial charge in [0.05, 0.1) is 11.9 Å². The zero-order valence-corrected chi connectivity index (χ0v) is 8.31. The van der Waals surface area contributed by atoms with Gasteiger partial charge in [0, 0.05) is 12.3 Å². The maximum Gasteiger partial charge on any atom is 0.286 e. The summed E-state index contributed by atoms with van der Waals surface area (Å²) >= 11 is 6.97. The van der Waals surface area contributed by atoms with Crippen LogP contribution in [0.5, 0.6) is 0 Å². The lowest BCUT2D eigenvalue weighted by Gasteiger charge is -2.13. The molecule has 1 aromatic rings. The number of anilines is 1. The summed E-state index contributed by atoms with van der Waals surface area (Å²) in [5, 5.41) is 0.534. The van der Waals surface area contributed by atoms with Gasteiger partial charge in [-0.2, -0.15) is 0 Å². The van der Waals surface area contributed by atoms with Crippen molar-refractivity contribution in [2.45, 2.75) is 0 Å². The molecule has 3 nitrogen and oxygen atoms in total. The van der Waals surface area contributed by atoms with Gasteiger partial charge in [0.1, 0.15) is 5.15 Å². The first-order chi connectivity index (χ1) is 6.27. The summed E-state index contributed by atoms with van der Waals surface area (Å²) in [4.78, 5) is 16.9. The Labute approximate surface area is 85.1 Å². The Morgan fingerprint density at radius 3 is 2.92 bits per heavy atom. The van der Waals surface area contributed by atoms with Gasteiger partial charge in [-0.25, -0.2) is 4.98 Å². The summed E-state index contributed by atoms with van der Waals surface area (Å²) in [6.45, 7) is 0.757. The Morgan fingerprint density at radius 1 is 1.54 bits per heavy atom. The number of halogens is 1. The monoisotopic (exact) mass is 214 g/mol. The van der Waals surface area contributed by atoms with Crippen molar-refractivity contribution in [2.24, 2.45) is 0 Å². The topological polar surface area (TPSA) is 33.2 Å². The largest absolute Gasteiger partial charge is 0.301 e. The number of carbonyl (C=O) groups excluding carboxylic acids is 1. The molecule has 0 N–H and O–H groups in total. The van der Waals surface area contributed by atoms with Crippen molar-refractivity contribution in [2.75, 3.05) is 17.2 Å². The number of thioether (sulfide) groups is 1. The molecule has 0 aliphatic carbocycles. The van der Waals surface area contributed by atoms with Crippen LogP contribution in [0.15, 0.2) is 18.3 Å². The van der Waals surface area contributed by atoms with E-state index in [0.29, 0.717) is 5.15 Å². The van der Waals surface area contributed by atoms with Crippen molar-refractivity contribution >= 4 is 34.3 Å². The van der Waals surface area contributed by atoms with E-state index in [4.69, 9.17) is 11.6 Å². The summed E-state index contributed by atoms with van der Waals surface area (Å²) in [6.07, 6.45) is 1.62. The highest BCUT2D eigenvalue weighted by Gasteiger charge is 2.22. The van der Waals surface area contributed by atoms with Crippen molar-refractivity contribution in [1.29, 1.82) is 0 Å². The van der Waals surface area contributed by atoms with Crippen LogP contribution in [0.4, 0.5) is 10.5 Å². The molecule has 1 aromatic heterocycles. The summed E-state index contributed by atoms with van der Waals surface area (Å²) in [6, 6.07) is 3.49. The lowest BCUT2D eigenvalue weighted by molar-refractivity contribution is 0.266. The predicted octanol–water partition coefficient (Wildman–Crippen LogP) is 2.41. The van der Waals surface area contributed by atoms with E-state index in [9.17, 15) is 4.79 Å². The highest BCUT2D eigenvalue weighted by molar-refractivity contribution is 8.14. The molecular formula is C8H7ClN2OS. The van der Waals surface area contributed by atoms with E-state index in [0.717, 1.165) is 18.0 Å². The zero-order valence-electron chi connectivity index (χ0n) is 6.74. The first-order valence-corrected chi connectivity index (χ1v) is 5.19. The van der Waals surface area contributed by atoms with Crippen LogP contribution in [-0.2, 0) is 0 Å². The fraction of sp³-hybridized carbons (Fsp3) is 0.250. The van der Waals surface area contributed by atoms with Gasteiger partial charge in [-0.3, -0.25) is 4.79 Å². The van der Waals surface area contributed by atoms with Crippen LogP contribution < -0.4 is 4.90 Å². The number of aromatic nitrogens is 1. The van der Waals surface area contributed by atoms with E-state index in [2.05, 4.69) is 4.98 Å². The van der Waals surface area contributed by atoms with Crippen LogP contribution in [-0.4, -0.2) is 22.5 Å². The molecule has 0 bridgehead atoms. The molecule has 1 amide bonds. The molecule has 2 rings (SSSR count). The molecule has 1 fully saturated rings. The summed E-state index contributed by atoms with van der Waals surface area (Å²) in [5.41, 5.74) is 0.819. The molecule has 0 aromatic carbocycles. The van der Waals surface area contributed by atoms with E-state index in [1.807, 2.05) is 0 Å². The van der Waals surface area contributed by atoms with E-state index < -0.39 is 0 Å². The minimum atomic E-state index is 0.0872. The Bertz CT molecular complexity index is 327. The maximum atomic E-state index is 11.3. The molecule has 1 aliphatic rings. The van der Waals surface area contributed by atoms with Crippen LogP contribution in [0.3, 0.4) is 0 Å². The average molecular weight is 215 g/mol. The first-order valence-electron chi connectivity index (χ1n) is 3.83. The van der Waals surface area contributed by atoms with Gasteiger partial charge in [0.25, 0.3) is 5.24 Å². The third kappa shape index (κ3) is 1.78. The van der Waals surface area contributed by atoms with Crippen LogP contribution in [0.25, 0.3) is 0 Å². The summed E-state index contributed by atoms with van der Waals surface area (Å²) in [7, 11) is 0. The highest BCUT2D eigenvalue weighted by Crippen LogP contribution is 2.24. The molecule has 0 radical (unpaired) electrons. The van der Waals surface area contributed by atoms with E-state index in [1.165, 1.54) is 11.8 Å². The van der Waals surface area contributed by atoms with Crippen molar-refractivity contribution in [1.82, 2.24) is 4.98 Å². The number of pyridine rings is 1. The second kappa shape index (κ2) is 3.55. The van der Waals surface area contributed by atoms with Crippen LogP contribution in [0.2, 0.25) is 5.15 Å². The fourth-order valence-electron chi connectivity index (χ4n) is 1.16. The Kier molecular flexibility index (Phi) is 2.42. The predicted molar refractivity (Wildman–Crippen MR) is 54.4 cm³/mol. The van der Waals surface area contributed by atoms with Gasteiger partial charge >= 0.3 is 0 Å². The van der Waals surface area contributed by atoms with Crippen LogP contribution in [0.1, 0.15) is 0 Å². The van der Waals surface area contributed by atoms with E-state index in [-0.39, 0.29) is 5.24 Å². The number of hydrogen-bond acceptors (Lipinski definition) is 3.